The molecule has 0 N–H and O–H groups in total. The van der Waals surface area contributed by atoms with Gasteiger partial charge in [0.2, 0.25) is 5.88 Å². The molecule has 2 nitrogen and oxygen atoms in total. The smallest absolute Gasteiger partial charge is 0.216 e. The van der Waals surface area contributed by atoms with Crippen LogP contribution in [0.3, 0.4) is 0 Å². The third kappa shape index (κ3) is 1.78. The lowest BCUT2D eigenvalue weighted by molar-refractivity contribution is 0.391. The Morgan fingerprint density at radius 3 is 2.46 bits per heavy atom. The van der Waals surface area contributed by atoms with E-state index in [-0.39, 0.29) is 0 Å². The number of pyridine rings is 1. The first kappa shape index (κ1) is 10.3. The van der Waals surface area contributed by atoms with Crippen molar-refractivity contribution in [3.8, 4) is 5.88 Å². The highest BCUT2D eigenvalue weighted by Crippen LogP contribution is 2.28. The molecule has 0 unspecified atom stereocenters. The monoisotopic (exact) mass is 199 g/mol. The van der Waals surface area contributed by atoms with Gasteiger partial charge in [-0.15, -0.1) is 0 Å². The second-order valence-electron chi connectivity index (χ2n) is 2.98. The van der Waals surface area contributed by atoms with Gasteiger partial charge in [0, 0.05) is 5.56 Å². The summed E-state index contributed by atoms with van der Waals surface area (Å²) in [4.78, 5) is 4.27. The van der Waals surface area contributed by atoms with Crippen LogP contribution in [0, 0.1) is 13.8 Å². The number of aryl methyl sites for hydroxylation is 1. The van der Waals surface area contributed by atoms with E-state index in [1.807, 2.05) is 13.8 Å². The van der Waals surface area contributed by atoms with E-state index in [0.717, 1.165) is 28.3 Å². The van der Waals surface area contributed by atoms with E-state index >= 15 is 0 Å². The topological polar surface area (TPSA) is 22.1 Å². The molecule has 72 valence electrons. The zero-order chi connectivity index (χ0) is 10.0. The molecule has 3 heteroatoms. The van der Waals surface area contributed by atoms with E-state index in [1.54, 1.807) is 7.11 Å². The lowest BCUT2D eigenvalue weighted by Gasteiger charge is -2.11. The van der Waals surface area contributed by atoms with Gasteiger partial charge < -0.3 is 4.74 Å². The summed E-state index contributed by atoms with van der Waals surface area (Å²) in [6.07, 6.45) is 0.891. The van der Waals surface area contributed by atoms with Crippen LogP contribution in [-0.2, 0) is 6.42 Å². The Balaban J connectivity index is 3.39. The normalized spacial score (nSPS) is 10.2. The zero-order valence-electron chi connectivity index (χ0n) is 8.44. The van der Waals surface area contributed by atoms with Crippen molar-refractivity contribution >= 4 is 11.6 Å². The molecule has 0 atom stereocenters. The Labute approximate surface area is 83.9 Å². The van der Waals surface area contributed by atoms with Crippen LogP contribution >= 0.6 is 11.6 Å². The van der Waals surface area contributed by atoms with Gasteiger partial charge in [-0.05, 0) is 25.8 Å². The molecule has 0 spiro atoms. The van der Waals surface area contributed by atoms with E-state index in [9.17, 15) is 0 Å². The van der Waals surface area contributed by atoms with Crippen LogP contribution in [0.25, 0.3) is 0 Å². The van der Waals surface area contributed by atoms with Crippen molar-refractivity contribution in [3.63, 3.8) is 0 Å². The SMILES string of the molecule is CCc1c(OC)nc(C)c(Cl)c1C. The summed E-state index contributed by atoms with van der Waals surface area (Å²) in [7, 11) is 1.63. The Hall–Kier alpha value is -0.760. The molecule has 0 aliphatic rings. The lowest BCUT2D eigenvalue weighted by atomic mass is 10.1. The molecule has 0 aromatic carbocycles. The van der Waals surface area contributed by atoms with E-state index in [2.05, 4.69) is 11.9 Å². The fraction of sp³-hybridized carbons (Fsp3) is 0.500. The molecule has 1 aromatic rings. The minimum atomic E-state index is 0.696. The maximum Gasteiger partial charge on any atom is 0.216 e. The number of rotatable bonds is 2. The molecule has 13 heavy (non-hydrogen) atoms. The molecule has 0 saturated carbocycles. The summed E-state index contributed by atoms with van der Waals surface area (Å²) in [5.41, 5.74) is 3.00. The van der Waals surface area contributed by atoms with Gasteiger partial charge >= 0.3 is 0 Å². The van der Waals surface area contributed by atoms with Crippen molar-refractivity contribution < 1.29 is 4.74 Å². The highest BCUT2D eigenvalue weighted by molar-refractivity contribution is 6.32. The van der Waals surface area contributed by atoms with Gasteiger partial charge in [0.05, 0.1) is 17.8 Å². The summed E-state index contributed by atoms with van der Waals surface area (Å²) in [5, 5.41) is 0.748. The largest absolute Gasteiger partial charge is 0.481 e. The molecule has 1 rings (SSSR count). The van der Waals surface area contributed by atoms with Gasteiger partial charge in [-0.25, -0.2) is 4.98 Å². The molecular formula is C10H14ClNO. The number of methoxy groups -OCH3 is 1. The minimum Gasteiger partial charge on any atom is -0.481 e. The van der Waals surface area contributed by atoms with E-state index in [0.29, 0.717) is 5.88 Å². The van der Waals surface area contributed by atoms with Crippen molar-refractivity contribution in [2.45, 2.75) is 27.2 Å². The van der Waals surface area contributed by atoms with E-state index < -0.39 is 0 Å². The van der Waals surface area contributed by atoms with Crippen LogP contribution in [0.4, 0.5) is 0 Å². The third-order valence-electron chi connectivity index (χ3n) is 2.17. The highest BCUT2D eigenvalue weighted by Gasteiger charge is 2.11. The first-order valence-corrected chi connectivity index (χ1v) is 4.69. The first-order chi connectivity index (χ1) is 6.11. The van der Waals surface area contributed by atoms with Gasteiger partial charge in [0.25, 0.3) is 0 Å². The molecule has 0 bridgehead atoms. The summed E-state index contributed by atoms with van der Waals surface area (Å²) < 4.78 is 5.18. The van der Waals surface area contributed by atoms with E-state index in [1.165, 1.54) is 0 Å². The summed E-state index contributed by atoms with van der Waals surface area (Å²) in [5.74, 6) is 0.696. The Morgan fingerprint density at radius 2 is 2.00 bits per heavy atom. The second-order valence-corrected chi connectivity index (χ2v) is 3.36. The predicted molar refractivity (Wildman–Crippen MR) is 54.7 cm³/mol. The van der Waals surface area contributed by atoms with Crippen LogP contribution in [0.2, 0.25) is 5.02 Å². The first-order valence-electron chi connectivity index (χ1n) is 4.31. The number of ether oxygens (including phenoxy) is 1. The zero-order valence-corrected chi connectivity index (χ0v) is 9.20. The molecular weight excluding hydrogens is 186 g/mol. The molecule has 0 aliphatic carbocycles. The van der Waals surface area contributed by atoms with Gasteiger partial charge in [-0.3, -0.25) is 0 Å². The molecule has 0 saturated heterocycles. The maximum atomic E-state index is 6.07. The van der Waals surface area contributed by atoms with Crippen LogP contribution in [0.1, 0.15) is 23.7 Å². The van der Waals surface area contributed by atoms with Crippen molar-refractivity contribution in [1.29, 1.82) is 0 Å². The van der Waals surface area contributed by atoms with Crippen molar-refractivity contribution in [2.24, 2.45) is 0 Å². The molecule has 0 fully saturated rings. The van der Waals surface area contributed by atoms with Crippen LogP contribution < -0.4 is 4.74 Å². The second kappa shape index (κ2) is 3.97. The molecule has 0 radical (unpaired) electrons. The third-order valence-corrected chi connectivity index (χ3v) is 2.73. The molecule has 0 amide bonds. The van der Waals surface area contributed by atoms with E-state index in [4.69, 9.17) is 16.3 Å². The number of hydrogen-bond acceptors (Lipinski definition) is 2. The number of aromatic nitrogens is 1. The van der Waals surface area contributed by atoms with Crippen LogP contribution in [0.5, 0.6) is 5.88 Å². The molecule has 1 heterocycles. The van der Waals surface area contributed by atoms with Gasteiger partial charge in [-0.2, -0.15) is 0 Å². The Kier molecular flexibility index (Phi) is 3.15. The van der Waals surface area contributed by atoms with Crippen molar-refractivity contribution in [3.05, 3.63) is 21.8 Å². The van der Waals surface area contributed by atoms with Crippen LogP contribution in [-0.4, -0.2) is 12.1 Å². The highest BCUT2D eigenvalue weighted by atomic mass is 35.5. The average molecular weight is 200 g/mol. The molecule has 0 aliphatic heterocycles. The number of hydrogen-bond donors (Lipinski definition) is 0. The van der Waals surface area contributed by atoms with Gasteiger partial charge in [0.1, 0.15) is 0 Å². The van der Waals surface area contributed by atoms with Crippen LogP contribution in [0.15, 0.2) is 0 Å². The Bertz CT molecular complexity index is 323. The number of nitrogens with zero attached hydrogens (tertiary/aromatic N) is 1. The summed E-state index contributed by atoms with van der Waals surface area (Å²) in [6.45, 7) is 5.95. The summed E-state index contributed by atoms with van der Waals surface area (Å²) in [6, 6.07) is 0. The van der Waals surface area contributed by atoms with Gasteiger partial charge in [0.15, 0.2) is 0 Å². The van der Waals surface area contributed by atoms with Gasteiger partial charge in [-0.1, -0.05) is 18.5 Å². The standard InChI is InChI=1S/C10H14ClNO/c1-5-8-6(2)9(11)7(3)12-10(8)13-4/h5H2,1-4H3. The van der Waals surface area contributed by atoms with Crippen molar-refractivity contribution in [2.75, 3.05) is 7.11 Å². The summed E-state index contributed by atoms with van der Waals surface area (Å²) >= 11 is 6.07. The quantitative estimate of drug-likeness (QED) is 0.731. The van der Waals surface area contributed by atoms with Crippen molar-refractivity contribution in [1.82, 2.24) is 4.98 Å². The maximum absolute atomic E-state index is 6.07. The predicted octanol–water partition coefficient (Wildman–Crippen LogP) is 2.92. The fourth-order valence-corrected chi connectivity index (χ4v) is 1.57. The average Bonchev–Trinajstić information content (AvgIpc) is 2.13. The molecule has 1 aromatic heterocycles. The fourth-order valence-electron chi connectivity index (χ4n) is 1.42. The lowest BCUT2D eigenvalue weighted by Crippen LogP contribution is -2.00. The number of halogens is 1. The minimum absolute atomic E-state index is 0.696. The Morgan fingerprint density at radius 1 is 1.38 bits per heavy atom.